The molecule has 1 amide bonds. The summed E-state index contributed by atoms with van der Waals surface area (Å²) in [5.74, 6) is 0.0191. The molecule has 1 aliphatic rings. The summed E-state index contributed by atoms with van der Waals surface area (Å²) in [5.41, 5.74) is 1.83. The third kappa shape index (κ3) is 3.47. The van der Waals surface area contributed by atoms with Crippen LogP contribution >= 0.6 is 0 Å². The van der Waals surface area contributed by atoms with Crippen molar-refractivity contribution in [3.05, 3.63) is 29.8 Å². The zero-order valence-corrected chi connectivity index (χ0v) is 12.0. The van der Waals surface area contributed by atoms with Gasteiger partial charge in [-0.15, -0.1) is 0 Å². The lowest BCUT2D eigenvalue weighted by Crippen LogP contribution is -2.38. The predicted octanol–water partition coefficient (Wildman–Crippen LogP) is 1.58. The molecule has 0 aromatic heterocycles. The minimum absolute atomic E-state index is 0.0191. The smallest absolute Gasteiger partial charge is 0.251 e. The van der Waals surface area contributed by atoms with Crippen LogP contribution < -0.4 is 10.2 Å². The molecule has 4 heteroatoms. The van der Waals surface area contributed by atoms with Crippen molar-refractivity contribution < 1.29 is 4.79 Å². The number of benzene rings is 1. The fourth-order valence-electron chi connectivity index (χ4n) is 2.46. The standard InChI is InChI=1S/C15H23N3O/c1-17(2)13-8-6-12(7-9-13)15(19)16-11-14-5-4-10-18(14)3/h6-9,14H,4-5,10-11H2,1-3H3,(H,16,19)/t14-/m0/s1. The zero-order valence-electron chi connectivity index (χ0n) is 12.0. The zero-order chi connectivity index (χ0) is 13.8. The number of anilines is 1. The first-order valence-corrected chi connectivity index (χ1v) is 6.84. The number of hydrogen-bond acceptors (Lipinski definition) is 3. The Morgan fingerprint density at radius 3 is 2.58 bits per heavy atom. The molecule has 1 atom stereocenters. The van der Waals surface area contributed by atoms with Gasteiger partial charge in [-0.05, 0) is 50.7 Å². The summed E-state index contributed by atoms with van der Waals surface area (Å²) in [6.45, 7) is 1.88. The van der Waals surface area contributed by atoms with Crippen molar-refractivity contribution in [1.82, 2.24) is 10.2 Å². The summed E-state index contributed by atoms with van der Waals surface area (Å²) in [4.78, 5) is 16.4. The van der Waals surface area contributed by atoms with E-state index < -0.39 is 0 Å². The van der Waals surface area contributed by atoms with E-state index in [-0.39, 0.29) is 5.91 Å². The van der Waals surface area contributed by atoms with Crippen molar-refractivity contribution in [2.45, 2.75) is 18.9 Å². The monoisotopic (exact) mass is 261 g/mol. The van der Waals surface area contributed by atoms with Crippen LogP contribution in [0.5, 0.6) is 0 Å². The molecule has 19 heavy (non-hydrogen) atoms. The van der Waals surface area contributed by atoms with Crippen LogP contribution in [0.1, 0.15) is 23.2 Å². The highest BCUT2D eigenvalue weighted by Crippen LogP contribution is 2.14. The molecule has 0 saturated carbocycles. The fraction of sp³-hybridized carbons (Fsp3) is 0.533. The van der Waals surface area contributed by atoms with Crippen LogP contribution in [0, 0.1) is 0 Å². The molecule has 0 radical (unpaired) electrons. The third-order valence-corrected chi connectivity index (χ3v) is 3.82. The summed E-state index contributed by atoms with van der Waals surface area (Å²) in [5, 5.41) is 3.03. The molecule has 4 nitrogen and oxygen atoms in total. The van der Waals surface area contributed by atoms with Gasteiger partial charge in [-0.25, -0.2) is 0 Å². The molecule has 0 aliphatic carbocycles. The average molecular weight is 261 g/mol. The van der Waals surface area contributed by atoms with Gasteiger partial charge < -0.3 is 15.1 Å². The lowest BCUT2D eigenvalue weighted by atomic mass is 10.1. The highest BCUT2D eigenvalue weighted by atomic mass is 16.1. The molecule has 1 N–H and O–H groups in total. The van der Waals surface area contributed by atoms with Gasteiger partial charge in [-0.1, -0.05) is 0 Å². The van der Waals surface area contributed by atoms with Crippen molar-refractivity contribution in [3.8, 4) is 0 Å². The van der Waals surface area contributed by atoms with E-state index in [2.05, 4.69) is 17.3 Å². The van der Waals surface area contributed by atoms with E-state index in [0.29, 0.717) is 6.04 Å². The SMILES string of the molecule is CN(C)c1ccc(C(=O)NC[C@@H]2CCCN2C)cc1. The van der Waals surface area contributed by atoms with Gasteiger partial charge in [-0.3, -0.25) is 4.79 Å². The molecule has 1 heterocycles. The van der Waals surface area contributed by atoms with Crippen LogP contribution in [0.3, 0.4) is 0 Å². The lowest BCUT2D eigenvalue weighted by molar-refractivity contribution is 0.0943. The van der Waals surface area contributed by atoms with Gasteiger partial charge in [-0.2, -0.15) is 0 Å². The summed E-state index contributed by atoms with van der Waals surface area (Å²) in [6.07, 6.45) is 2.41. The Morgan fingerprint density at radius 1 is 1.37 bits per heavy atom. The average Bonchev–Trinajstić information content (AvgIpc) is 2.81. The van der Waals surface area contributed by atoms with Gasteiger partial charge in [0.15, 0.2) is 0 Å². The summed E-state index contributed by atoms with van der Waals surface area (Å²) in [6, 6.07) is 8.18. The number of carbonyl (C=O) groups excluding carboxylic acids is 1. The van der Waals surface area contributed by atoms with Gasteiger partial charge in [0.2, 0.25) is 0 Å². The molecular formula is C15H23N3O. The maximum absolute atomic E-state index is 12.0. The van der Waals surface area contributed by atoms with E-state index in [4.69, 9.17) is 0 Å². The second-order valence-electron chi connectivity index (χ2n) is 5.43. The molecule has 2 rings (SSSR count). The molecule has 0 bridgehead atoms. The number of likely N-dealkylation sites (tertiary alicyclic amines) is 1. The molecule has 0 unspecified atom stereocenters. The quantitative estimate of drug-likeness (QED) is 0.894. The molecule has 1 aromatic rings. The van der Waals surface area contributed by atoms with Crippen molar-refractivity contribution >= 4 is 11.6 Å². The number of amides is 1. The number of nitrogens with one attached hydrogen (secondary N) is 1. The van der Waals surface area contributed by atoms with E-state index in [1.807, 2.05) is 43.3 Å². The van der Waals surface area contributed by atoms with Crippen LogP contribution in [-0.2, 0) is 0 Å². The Labute approximate surface area is 115 Å². The molecule has 1 saturated heterocycles. The van der Waals surface area contributed by atoms with Gasteiger partial charge >= 0.3 is 0 Å². The molecular weight excluding hydrogens is 238 g/mol. The molecule has 1 aliphatic heterocycles. The first kappa shape index (κ1) is 13.9. The highest BCUT2D eigenvalue weighted by molar-refractivity contribution is 5.94. The van der Waals surface area contributed by atoms with Crippen molar-refractivity contribution in [2.75, 3.05) is 39.1 Å². The molecule has 1 fully saturated rings. The number of carbonyl (C=O) groups is 1. The minimum atomic E-state index is 0.0191. The number of hydrogen-bond donors (Lipinski definition) is 1. The van der Waals surface area contributed by atoms with E-state index in [0.717, 1.165) is 24.3 Å². The van der Waals surface area contributed by atoms with Crippen LogP contribution in [0.4, 0.5) is 5.69 Å². The number of likely N-dealkylation sites (N-methyl/N-ethyl adjacent to an activating group) is 1. The fourth-order valence-corrected chi connectivity index (χ4v) is 2.46. The van der Waals surface area contributed by atoms with Crippen LogP contribution in [0.2, 0.25) is 0 Å². The Bertz CT molecular complexity index is 428. The Kier molecular flexibility index (Phi) is 4.43. The maximum Gasteiger partial charge on any atom is 0.251 e. The summed E-state index contributed by atoms with van der Waals surface area (Å²) in [7, 11) is 6.10. The van der Waals surface area contributed by atoms with Crippen LogP contribution in [-0.4, -0.2) is 51.1 Å². The van der Waals surface area contributed by atoms with Crippen molar-refractivity contribution in [1.29, 1.82) is 0 Å². The summed E-state index contributed by atoms with van der Waals surface area (Å²) < 4.78 is 0. The van der Waals surface area contributed by atoms with E-state index in [1.165, 1.54) is 12.8 Å². The van der Waals surface area contributed by atoms with Crippen molar-refractivity contribution in [3.63, 3.8) is 0 Å². The maximum atomic E-state index is 12.0. The summed E-state index contributed by atoms with van der Waals surface area (Å²) >= 11 is 0. The number of nitrogens with zero attached hydrogens (tertiary/aromatic N) is 2. The molecule has 0 spiro atoms. The topological polar surface area (TPSA) is 35.6 Å². The molecule has 104 valence electrons. The van der Waals surface area contributed by atoms with Crippen molar-refractivity contribution in [2.24, 2.45) is 0 Å². The largest absolute Gasteiger partial charge is 0.378 e. The highest BCUT2D eigenvalue weighted by Gasteiger charge is 2.21. The second kappa shape index (κ2) is 6.06. The lowest BCUT2D eigenvalue weighted by Gasteiger charge is -2.19. The van der Waals surface area contributed by atoms with Gasteiger partial charge in [0.1, 0.15) is 0 Å². The van der Waals surface area contributed by atoms with Crippen LogP contribution in [0.25, 0.3) is 0 Å². The van der Waals surface area contributed by atoms with Gasteiger partial charge in [0.05, 0.1) is 0 Å². The number of rotatable bonds is 4. The van der Waals surface area contributed by atoms with E-state index in [9.17, 15) is 4.79 Å². The predicted molar refractivity (Wildman–Crippen MR) is 78.8 cm³/mol. The third-order valence-electron chi connectivity index (χ3n) is 3.82. The Hall–Kier alpha value is -1.55. The minimum Gasteiger partial charge on any atom is -0.378 e. The Morgan fingerprint density at radius 2 is 2.05 bits per heavy atom. The van der Waals surface area contributed by atoms with E-state index >= 15 is 0 Å². The van der Waals surface area contributed by atoms with Gasteiger partial charge in [0.25, 0.3) is 5.91 Å². The van der Waals surface area contributed by atoms with E-state index in [1.54, 1.807) is 0 Å². The first-order valence-electron chi connectivity index (χ1n) is 6.84. The molecule has 1 aromatic carbocycles. The second-order valence-corrected chi connectivity index (χ2v) is 5.43. The first-order chi connectivity index (χ1) is 9.08. The Balaban J connectivity index is 1.89. The van der Waals surface area contributed by atoms with Crippen LogP contribution in [0.15, 0.2) is 24.3 Å². The van der Waals surface area contributed by atoms with Gasteiger partial charge in [0, 0.05) is 37.9 Å². The normalized spacial score (nSPS) is 19.4.